The van der Waals surface area contributed by atoms with Crippen molar-refractivity contribution < 1.29 is 14.7 Å². The van der Waals surface area contributed by atoms with Crippen LogP contribution in [-0.4, -0.2) is 40.6 Å². The van der Waals surface area contributed by atoms with Crippen LogP contribution in [0.4, 0.5) is 10.5 Å². The number of hydrogen-bond donors (Lipinski definition) is 1. The fraction of sp³-hybridized carbons (Fsp3) is 0.500. The smallest absolute Gasteiger partial charge is 0.326 e. The second-order valence-electron chi connectivity index (χ2n) is 5.86. The number of benzene rings is 1. The summed E-state index contributed by atoms with van der Waals surface area (Å²) in [6.45, 7) is 2.56. The number of aliphatic carboxylic acids is 1. The van der Waals surface area contributed by atoms with Gasteiger partial charge in [-0.05, 0) is 44.2 Å². The Balaban J connectivity index is 1.92. The van der Waals surface area contributed by atoms with Gasteiger partial charge in [0.25, 0.3) is 0 Å². The Morgan fingerprint density at radius 2 is 2.00 bits per heavy atom. The summed E-state index contributed by atoms with van der Waals surface area (Å²) in [5, 5.41) is 9.28. The maximum absolute atomic E-state index is 12.9. The third-order valence-corrected chi connectivity index (χ3v) is 4.51. The highest BCUT2D eigenvalue weighted by molar-refractivity contribution is 5.96. The van der Waals surface area contributed by atoms with E-state index in [2.05, 4.69) is 0 Å². The third kappa shape index (κ3) is 2.37. The maximum atomic E-state index is 12.9. The van der Waals surface area contributed by atoms with Crippen LogP contribution in [0, 0.1) is 0 Å². The number of carboxylic acid groups (broad SMARTS) is 1. The van der Waals surface area contributed by atoms with Gasteiger partial charge in [-0.25, -0.2) is 9.59 Å². The summed E-state index contributed by atoms with van der Waals surface area (Å²) in [5.41, 5.74) is 2.09. The first-order valence-electron chi connectivity index (χ1n) is 7.50. The normalized spacial score (nSPS) is 24.8. The Morgan fingerprint density at radius 1 is 1.24 bits per heavy atom. The number of aryl methyl sites for hydroxylation is 1. The third-order valence-electron chi connectivity index (χ3n) is 4.51. The average molecular weight is 288 g/mol. The van der Waals surface area contributed by atoms with E-state index >= 15 is 0 Å². The zero-order chi connectivity index (χ0) is 15.0. The monoisotopic (exact) mass is 288 g/mol. The molecule has 0 aromatic heterocycles. The topological polar surface area (TPSA) is 60.9 Å². The van der Waals surface area contributed by atoms with E-state index in [4.69, 9.17) is 0 Å². The molecular formula is C16H20N2O3. The number of para-hydroxylation sites is 1. The molecule has 0 aliphatic carbocycles. The molecule has 2 amide bonds. The van der Waals surface area contributed by atoms with Gasteiger partial charge >= 0.3 is 12.0 Å². The van der Waals surface area contributed by atoms with E-state index in [1.54, 1.807) is 4.90 Å². The van der Waals surface area contributed by atoms with Crippen molar-refractivity contribution in [2.75, 3.05) is 11.4 Å². The number of nitrogens with zero attached hydrogens (tertiary/aromatic N) is 2. The molecule has 0 spiro atoms. The van der Waals surface area contributed by atoms with Crippen molar-refractivity contribution >= 4 is 17.7 Å². The fourth-order valence-electron chi connectivity index (χ4n) is 3.37. The van der Waals surface area contributed by atoms with E-state index in [1.807, 2.05) is 31.2 Å². The number of rotatable bonds is 1. The van der Waals surface area contributed by atoms with Gasteiger partial charge in [0.15, 0.2) is 0 Å². The number of carbonyl (C=O) groups excluding carboxylic acids is 1. The van der Waals surface area contributed by atoms with Crippen molar-refractivity contribution in [3.05, 3.63) is 29.8 Å². The number of carboxylic acids is 1. The predicted molar refractivity (Wildman–Crippen MR) is 79.5 cm³/mol. The molecule has 1 N–H and O–H groups in total. The van der Waals surface area contributed by atoms with Crippen molar-refractivity contribution in [2.45, 2.75) is 44.7 Å². The van der Waals surface area contributed by atoms with Crippen LogP contribution >= 0.6 is 0 Å². The zero-order valence-electron chi connectivity index (χ0n) is 12.2. The summed E-state index contributed by atoms with van der Waals surface area (Å²) >= 11 is 0. The summed E-state index contributed by atoms with van der Waals surface area (Å²) in [4.78, 5) is 27.5. The van der Waals surface area contributed by atoms with Crippen molar-refractivity contribution in [2.24, 2.45) is 0 Å². The molecule has 5 nitrogen and oxygen atoms in total. The lowest BCUT2D eigenvalue weighted by molar-refractivity contribution is -0.141. The Labute approximate surface area is 124 Å². The molecule has 3 rings (SSSR count). The molecule has 2 unspecified atom stereocenters. The van der Waals surface area contributed by atoms with Crippen LogP contribution in [-0.2, 0) is 11.2 Å². The highest BCUT2D eigenvalue weighted by Crippen LogP contribution is 2.32. The fourth-order valence-corrected chi connectivity index (χ4v) is 3.37. The van der Waals surface area contributed by atoms with Gasteiger partial charge in [-0.15, -0.1) is 0 Å². The van der Waals surface area contributed by atoms with E-state index in [9.17, 15) is 14.7 Å². The molecule has 2 aliphatic rings. The van der Waals surface area contributed by atoms with Gasteiger partial charge in [-0.3, -0.25) is 4.90 Å². The van der Waals surface area contributed by atoms with E-state index in [1.165, 1.54) is 4.90 Å². The molecule has 1 aromatic rings. The Bertz CT molecular complexity index is 572. The Morgan fingerprint density at radius 3 is 2.76 bits per heavy atom. The Kier molecular flexibility index (Phi) is 3.57. The molecule has 2 atom stereocenters. The molecular weight excluding hydrogens is 268 g/mol. The molecule has 1 aromatic carbocycles. The lowest BCUT2D eigenvalue weighted by Crippen LogP contribution is -2.52. The molecule has 2 heterocycles. The average Bonchev–Trinajstić information content (AvgIpc) is 2.96. The van der Waals surface area contributed by atoms with Gasteiger partial charge in [-0.1, -0.05) is 18.2 Å². The minimum atomic E-state index is -0.904. The molecule has 21 heavy (non-hydrogen) atoms. The van der Waals surface area contributed by atoms with Crippen LogP contribution in [0.5, 0.6) is 0 Å². The van der Waals surface area contributed by atoms with Crippen LogP contribution in [0.25, 0.3) is 0 Å². The van der Waals surface area contributed by atoms with Crippen molar-refractivity contribution in [3.63, 3.8) is 0 Å². The van der Waals surface area contributed by atoms with Gasteiger partial charge < -0.3 is 10.0 Å². The molecule has 0 bridgehead atoms. The highest BCUT2D eigenvalue weighted by Gasteiger charge is 2.39. The maximum Gasteiger partial charge on any atom is 0.326 e. The molecule has 0 saturated carbocycles. The van der Waals surface area contributed by atoms with Crippen molar-refractivity contribution in [3.8, 4) is 0 Å². The number of anilines is 1. The number of carbonyl (C=O) groups is 2. The number of fused-ring (bicyclic) bond motifs is 1. The summed E-state index contributed by atoms with van der Waals surface area (Å²) in [5.74, 6) is -0.904. The van der Waals surface area contributed by atoms with Crippen molar-refractivity contribution in [1.82, 2.24) is 4.90 Å². The zero-order valence-corrected chi connectivity index (χ0v) is 12.2. The number of urea groups is 1. The van der Waals surface area contributed by atoms with Crippen LogP contribution in [0.2, 0.25) is 0 Å². The molecule has 112 valence electrons. The van der Waals surface area contributed by atoms with Gasteiger partial charge in [-0.2, -0.15) is 0 Å². The predicted octanol–water partition coefficient (Wildman–Crippen LogP) is 2.50. The van der Waals surface area contributed by atoms with Gasteiger partial charge in [0.2, 0.25) is 0 Å². The largest absolute Gasteiger partial charge is 0.480 e. The van der Waals surface area contributed by atoms with Gasteiger partial charge in [0.1, 0.15) is 6.04 Å². The van der Waals surface area contributed by atoms with Crippen LogP contribution in [0.3, 0.4) is 0 Å². The van der Waals surface area contributed by atoms with Crippen LogP contribution in [0.1, 0.15) is 31.7 Å². The summed E-state index contributed by atoms with van der Waals surface area (Å²) in [6, 6.07) is 7.15. The summed E-state index contributed by atoms with van der Waals surface area (Å²) in [6.07, 6.45) is 3.18. The number of likely N-dealkylation sites (tertiary alicyclic amines) is 1. The first-order valence-corrected chi connectivity index (χ1v) is 7.50. The lowest BCUT2D eigenvalue weighted by atomic mass is 9.97. The first-order chi connectivity index (χ1) is 10.1. The SMILES string of the molecule is CC1CCc2ccccc2N1C(=O)N1CCCC1C(=O)O. The first kappa shape index (κ1) is 13.9. The standard InChI is InChI=1S/C16H20N2O3/c1-11-8-9-12-5-2-3-6-13(12)18(11)16(21)17-10-4-7-14(17)15(19)20/h2-3,5-6,11,14H,4,7-10H2,1H3,(H,19,20). The molecule has 1 fully saturated rings. The van der Waals surface area contributed by atoms with Crippen LogP contribution < -0.4 is 4.90 Å². The van der Waals surface area contributed by atoms with Gasteiger partial charge in [0, 0.05) is 18.3 Å². The lowest BCUT2D eigenvalue weighted by Gasteiger charge is -2.38. The minimum Gasteiger partial charge on any atom is -0.480 e. The summed E-state index contributed by atoms with van der Waals surface area (Å²) in [7, 11) is 0. The van der Waals surface area contributed by atoms with E-state index in [0.717, 1.165) is 30.5 Å². The second kappa shape index (κ2) is 5.39. The minimum absolute atomic E-state index is 0.0995. The van der Waals surface area contributed by atoms with Gasteiger partial charge in [0.05, 0.1) is 0 Å². The van der Waals surface area contributed by atoms with E-state index in [0.29, 0.717) is 13.0 Å². The highest BCUT2D eigenvalue weighted by atomic mass is 16.4. The molecule has 0 radical (unpaired) electrons. The Hall–Kier alpha value is -2.04. The van der Waals surface area contributed by atoms with E-state index < -0.39 is 12.0 Å². The second-order valence-corrected chi connectivity index (χ2v) is 5.86. The number of hydrogen-bond acceptors (Lipinski definition) is 2. The molecule has 2 aliphatic heterocycles. The number of amides is 2. The molecule has 5 heteroatoms. The summed E-state index contributed by atoms with van der Waals surface area (Å²) < 4.78 is 0. The van der Waals surface area contributed by atoms with Crippen LogP contribution in [0.15, 0.2) is 24.3 Å². The molecule has 1 saturated heterocycles. The van der Waals surface area contributed by atoms with Crippen molar-refractivity contribution in [1.29, 1.82) is 0 Å². The van der Waals surface area contributed by atoms with E-state index in [-0.39, 0.29) is 12.1 Å². The quantitative estimate of drug-likeness (QED) is 0.863.